The van der Waals surface area contributed by atoms with E-state index in [1.54, 1.807) is 30.3 Å². The maximum atomic E-state index is 12.9. The first-order valence-electron chi connectivity index (χ1n) is 10.9. The summed E-state index contributed by atoms with van der Waals surface area (Å²) >= 11 is 0. The summed E-state index contributed by atoms with van der Waals surface area (Å²) in [7, 11) is 0. The summed E-state index contributed by atoms with van der Waals surface area (Å²) in [6.07, 6.45) is 3.99. The van der Waals surface area contributed by atoms with Crippen molar-refractivity contribution in [3.8, 4) is 6.07 Å². The number of nitriles is 1. The van der Waals surface area contributed by atoms with E-state index in [2.05, 4.69) is 12.2 Å². The number of esters is 1. The van der Waals surface area contributed by atoms with Crippen LogP contribution in [0.3, 0.4) is 0 Å². The fourth-order valence-electron chi connectivity index (χ4n) is 4.30. The first-order chi connectivity index (χ1) is 15.4. The van der Waals surface area contributed by atoms with Crippen molar-refractivity contribution in [1.82, 2.24) is 10.2 Å². The topological polar surface area (TPSA) is 120 Å². The van der Waals surface area contributed by atoms with Crippen LogP contribution in [0.25, 0.3) is 0 Å². The third kappa shape index (κ3) is 5.07. The highest BCUT2D eigenvalue weighted by Crippen LogP contribution is 2.37. The molecule has 2 fully saturated rings. The van der Waals surface area contributed by atoms with Crippen molar-refractivity contribution in [2.75, 3.05) is 24.6 Å². The average molecular weight is 441 g/mol. The fraction of sp³-hybridized carbons (Fsp3) is 0.522. The Hall–Kier alpha value is -3.41. The van der Waals surface area contributed by atoms with Crippen LogP contribution >= 0.6 is 0 Å². The number of rotatable bonds is 8. The molecule has 1 aliphatic carbocycles. The lowest BCUT2D eigenvalue weighted by Gasteiger charge is -2.34. The van der Waals surface area contributed by atoms with Gasteiger partial charge in [0.1, 0.15) is 12.1 Å². The number of hydrogen-bond acceptors (Lipinski definition) is 6. The van der Waals surface area contributed by atoms with Crippen molar-refractivity contribution in [1.29, 1.82) is 5.26 Å². The number of amides is 4. The molecule has 0 aromatic heterocycles. The van der Waals surface area contributed by atoms with Gasteiger partial charge in [-0.15, -0.1) is 0 Å². The molecule has 0 unspecified atom stereocenters. The second-order valence-electron chi connectivity index (χ2n) is 8.20. The predicted octanol–water partition coefficient (Wildman–Crippen LogP) is 2.37. The number of anilines is 1. The highest BCUT2D eigenvalue weighted by molar-refractivity contribution is 6.08. The average Bonchev–Trinajstić information content (AvgIpc) is 3.03. The van der Waals surface area contributed by atoms with Crippen LogP contribution in [0.5, 0.6) is 0 Å². The van der Waals surface area contributed by atoms with E-state index in [4.69, 9.17) is 10.00 Å². The largest absolute Gasteiger partial charge is 0.454 e. The quantitative estimate of drug-likeness (QED) is 0.489. The lowest BCUT2D eigenvalue weighted by molar-refractivity contribution is -0.150. The lowest BCUT2D eigenvalue weighted by Crippen LogP contribution is -2.49. The SMILES string of the molecule is CCC1CCC2(CC1)NC(=O)N(CC(=O)OCC(=O)N(CCC#N)c1ccccc1)C2=O. The fourth-order valence-corrected chi connectivity index (χ4v) is 4.30. The van der Waals surface area contributed by atoms with Crippen LogP contribution < -0.4 is 10.2 Å². The Labute approximate surface area is 187 Å². The molecule has 170 valence electrons. The van der Waals surface area contributed by atoms with Gasteiger partial charge in [-0.05, 0) is 43.7 Å². The van der Waals surface area contributed by atoms with E-state index in [1.165, 1.54) is 4.90 Å². The number of hydrogen-bond donors (Lipinski definition) is 1. The monoisotopic (exact) mass is 440 g/mol. The number of para-hydroxylation sites is 1. The molecule has 1 spiro atoms. The second kappa shape index (κ2) is 10.3. The van der Waals surface area contributed by atoms with Crippen LogP contribution in [-0.2, 0) is 19.1 Å². The molecule has 1 heterocycles. The van der Waals surface area contributed by atoms with E-state index in [-0.39, 0.29) is 13.0 Å². The van der Waals surface area contributed by atoms with E-state index >= 15 is 0 Å². The van der Waals surface area contributed by atoms with Crippen LogP contribution in [0.2, 0.25) is 0 Å². The minimum absolute atomic E-state index is 0.123. The summed E-state index contributed by atoms with van der Waals surface area (Å²) in [6.45, 7) is 1.18. The van der Waals surface area contributed by atoms with Gasteiger partial charge in [0.25, 0.3) is 11.8 Å². The molecule has 0 bridgehead atoms. The van der Waals surface area contributed by atoms with Crippen molar-refractivity contribution in [2.24, 2.45) is 5.92 Å². The number of carbonyl (C=O) groups is 4. The number of nitrogens with zero attached hydrogens (tertiary/aromatic N) is 3. The highest BCUT2D eigenvalue weighted by atomic mass is 16.5. The molecular formula is C23H28N4O5. The van der Waals surface area contributed by atoms with E-state index in [0.717, 1.165) is 24.2 Å². The van der Waals surface area contributed by atoms with Gasteiger partial charge in [-0.3, -0.25) is 19.3 Å². The second-order valence-corrected chi connectivity index (χ2v) is 8.20. The molecule has 2 aliphatic rings. The minimum Gasteiger partial charge on any atom is -0.454 e. The Morgan fingerprint density at radius 1 is 1.25 bits per heavy atom. The number of nitrogens with one attached hydrogen (secondary N) is 1. The molecule has 32 heavy (non-hydrogen) atoms. The van der Waals surface area contributed by atoms with Gasteiger partial charge in [0, 0.05) is 12.2 Å². The predicted molar refractivity (Wildman–Crippen MR) is 115 cm³/mol. The summed E-state index contributed by atoms with van der Waals surface area (Å²) in [5.41, 5.74) is -0.345. The van der Waals surface area contributed by atoms with Crippen LogP contribution in [0.1, 0.15) is 45.4 Å². The minimum atomic E-state index is -0.930. The van der Waals surface area contributed by atoms with Gasteiger partial charge in [-0.2, -0.15) is 5.26 Å². The van der Waals surface area contributed by atoms with E-state index in [0.29, 0.717) is 24.4 Å². The molecule has 9 nitrogen and oxygen atoms in total. The van der Waals surface area contributed by atoms with Crippen LogP contribution in [-0.4, -0.2) is 54.0 Å². The van der Waals surface area contributed by atoms with Crippen molar-refractivity contribution < 1.29 is 23.9 Å². The van der Waals surface area contributed by atoms with Gasteiger partial charge >= 0.3 is 12.0 Å². The van der Waals surface area contributed by atoms with Gasteiger partial charge < -0.3 is 15.0 Å². The third-order valence-corrected chi connectivity index (χ3v) is 6.24. The van der Waals surface area contributed by atoms with E-state index < -0.39 is 42.5 Å². The van der Waals surface area contributed by atoms with Crippen molar-refractivity contribution in [3.63, 3.8) is 0 Å². The standard InChI is InChI=1S/C23H28N4O5/c1-2-17-9-11-23(12-10-17)21(30)27(22(31)25-23)15-20(29)32-16-19(28)26(14-6-13-24)18-7-4-3-5-8-18/h3-5,7-8,17H,2,6,9-12,14-16H2,1H3,(H,25,31). The molecule has 1 aliphatic heterocycles. The normalized spacial score (nSPS) is 22.4. The highest BCUT2D eigenvalue weighted by Gasteiger charge is 2.52. The van der Waals surface area contributed by atoms with E-state index in [9.17, 15) is 19.2 Å². The molecule has 3 rings (SSSR count). The Balaban J connectivity index is 1.56. The number of ether oxygens (including phenoxy) is 1. The number of carbonyl (C=O) groups excluding carboxylic acids is 4. The molecule has 1 aromatic rings. The van der Waals surface area contributed by atoms with Gasteiger partial charge in [0.05, 0.1) is 12.5 Å². The van der Waals surface area contributed by atoms with Crippen molar-refractivity contribution in [3.05, 3.63) is 30.3 Å². The summed E-state index contributed by atoms with van der Waals surface area (Å²) in [6, 6.07) is 10.1. The molecule has 9 heteroatoms. The number of imide groups is 1. The first-order valence-corrected chi connectivity index (χ1v) is 10.9. The molecule has 1 saturated carbocycles. The smallest absolute Gasteiger partial charge is 0.326 e. The van der Waals surface area contributed by atoms with Crippen molar-refractivity contribution >= 4 is 29.5 Å². The summed E-state index contributed by atoms with van der Waals surface area (Å²) in [5, 5.41) is 11.6. The third-order valence-electron chi connectivity index (χ3n) is 6.24. The first kappa shape index (κ1) is 23.3. The number of urea groups is 1. The number of benzene rings is 1. The zero-order valence-electron chi connectivity index (χ0n) is 18.2. The lowest BCUT2D eigenvalue weighted by atomic mass is 9.75. The molecule has 1 saturated heterocycles. The van der Waals surface area contributed by atoms with Crippen LogP contribution in [0.4, 0.5) is 10.5 Å². The Kier molecular flexibility index (Phi) is 7.46. The molecule has 4 amide bonds. The molecule has 0 radical (unpaired) electrons. The molecular weight excluding hydrogens is 412 g/mol. The maximum Gasteiger partial charge on any atom is 0.326 e. The van der Waals surface area contributed by atoms with Gasteiger partial charge in [0.2, 0.25) is 0 Å². The van der Waals surface area contributed by atoms with Gasteiger partial charge in [-0.25, -0.2) is 4.79 Å². The van der Waals surface area contributed by atoms with Gasteiger partial charge in [0.15, 0.2) is 6.61 Å². The van der Waals surface area contributed by atoms with E-state index in [1.807, 2.05) is 6.07 Å². The molecule has 1 N–H and O–H groups in total. The van der Waals surface area contributed by atoms with Crippen LogP contribution in [0, 0.1) is 17.2 Å². The van der Waals surface area contributed by atoms with Crippen LogP contribution in [0.15, 0.2) is 30.3 Å². The summed E-state index contributed by atoms with van der Waals surface area (Å²) in [4.78, 5) is 52.4. The Bertz CT molecular complexity index is 903. The Morgan fingerprint density at radius 2 is 1.94 bits per heavy atom. The maximum absolute atomic E-state index is 12.9. The van der Waals surface area contributed by atoms with Gasteiger partial charge in [-0.1, -0.05) is 31.5 Å². The molecule has 1 aromatic carbocycles. The van der Waals surface area contributed by atoms with Crippen molar-refractivity contribution in [2.45, 2.75) is 51.0 Å². The molecule has 0 atom stereocenters. The summed E-state index contributed by atoms with van der Waals surface area (Å²) < 4.78 is 5.07. The zero-order chi connectivity index (χ0) is 23.1. The summed E-state index contributed by atoms with van der Waals surface area (Å²) in [5.74, 6) is -1.19. The Morgan fingerprint density at radius 3 is 2.56 bits per heavy atom. The zero-order valence-corrected chi connectivity index (χ0v) is 18.2.